The number of carbonyl (C=O) groups excluding carboxylic acids is 1. The van der Waals surface area contributed by atoms with E-state index in [0.717, 1.165) is 12.1 Å². The van der Waals surface area contributed by atoms with Crippen molar-refractivity contribution in [3.8, 4) is 5.75 Å². The van der Waals surface area contributed by atoms with Crippen molar-refractivity contribution >= 4 is 35.0 Å². The number of halogens is 3. The fraction of sp³-hybridized carbons (Fsp3) is 0.188. The molecule has 0 saturated carbocycles. The van der Waals surface area contributed by atoms with Gasteiger partial charge in [-0.1, -0.05) is 17.7 Å². The van der Waals surface area contributed by atoms with E-state index >= 15 is 0 Å². The second kappa shape index (κ2) is 8.17. The van der Waals surface area contributed by atoms with Gasteiger partial charge in [0.15, 0.2) is 11.6 Å². The lowest BCUT2D eigenvalue weighted by Crippen LogP contribution is -2.14. The molecule has 3 nitrogen and oxygen atoms in total. The molecular weight excluding hydrogens is 344 g/mol. The molecule has 0 saturated heterocycles. The highest BCUT2D eigenvalue weighted by Gasteiger charge is 2.09. The number of thioether (sulfide) groups is 1. The van der Waals surface area contributed by atoms with Gasteiger partial charge in [0.2, 0.25) is 5.91 Å². The van der Waals surface area contributed by atoms with E-state index in [1.54, 1.807) is 18.2 Å². The molecule has 0 atom stereocenters. The Kier molecular flexibility index (Phi) is 6.24. The summed E-state index contributed by atoms with van der Waals surface area (Å²) in [6.07, 6.45) is 0. The number of ether oxygens (including phenoxy) is 1. The van der Waals surface area contributed by atoms with Gasteiger partial charge < -0.3 is 10.1 Å². The maximum Gasteiger partial charge on any atom is 0.234 e. The van der Waals surface area contributed by atoms with Crippen molar-refractivity contribution in [3.63, 3.8) is 0 Å². The molecule has 2 rings (SSSR count). The van der Waals surface area contributed by atoms with Crippen LogP contribution in [-0.4, -0.2) is 18.8 Å². The Bertz CT molecular complexity index is 712. The van der Waals surface area contributed by atoms with Crippen molar-refractivity contribution in [2.75, 3.05) is 18.2 Å². The second-order valence-electron chi connectivity index (χ2n) is 4.63. The van der Waals surface area contributed by atoms with Crippen LogP contribution in [0.3, 0.4) is 0 Å². The standard InChI is InChI=1S/C16H14ClF2NO2S/c1-22-15-5-3-11(17)7-14(15)20-16(21)9-23-8-10-2-4-12(18)13(19)6-10/h2-7H,8-9H2,1H3,(H,20,21). The van der Waals surface area contributed by atoms with E-state index in [-0.39, 0.29) is 11.7 Å². The Morgan fingerprint density at radius 2 is 2.00 bits per heavy atom. The smallest absolute Gasteiger partial charge is 0.234 e. The van der Waals surface area contributed by atoms with Gasteiger partial charge in [0.1, 0.15) is 5.75 Å². The molecule has 1 amide bonds. The summed E-state index contributed by atoms with van der Waals surface area (Å²) in [5, 5.41) is 3.19. The Morgan fingerprint density at radius 3 is 2.70 bits per heavy atom. The number of amides is 1. The average molecular weight is 358 g/mol. The Hall–Kier alpha value is -1.79. The van der Waals surface area contributed by atoms with E-state index < -0.39 is 11.6 Å². The maximum atomic E-state index is 13.1. The Balaban J connectivity index is 1.88. The first kappa shape index (κ1) is 17.6. The second-order valence-corrected chi connectivity index (χ2v) is 6.06. The van der Waals surface area contributed by atoms with Crippen molar-refractivity contribution < 1.29 is 18.3 Å². The summed E-state index contributed by atoms with van der Waals surface area (Å²) in [5.74, 6) is -0.946. The van der Waals surface area contributed by atoms with Crippen molar-refractivity contribution in [2.24, 2.45) is 0 Å². The average Bonchev–Trinajstić information content (AvgIpc) is 2.51. The number of hydrogen-bond donors (Lipinski definition) is 1. The number of anilines is 1. The lowest BCUT2D eigenvalue weighted by Gasteiger charge is -2.10. The molecule has 0 spiro atoms. The molecule has 0 bridgehead atoms. The molecule has 1 N–H and O–H groups in total. The number of carbonyl (C=O) groups is 1. The molecule has 0 aromatic heterocycles. The number of rotatable bonds is 6. The molecule has 0 aliphatic rings. The largest absolute Gasteiger partial charge is 0.495 e. The molecule has 0 unspecified atom stereocenters. The van der Waals surface area contributed by atoms with E-state index in [2.05, 4.69) is 5.32 Å². The number of methoxy groups -OCH3 is 1. The topological polar surface area (TPSA) is 38.3 Å². The van der Waals surface area contributed by atoms with Crippen LogP contribution in [0, 0.1) is 11.6 Å². The number of nitrogens with one attached hydrogen (secondary N) is 1. The van der Waals surface area contributed by atoms with Crippen molar-refractivity contribution in [1.29, 1.82) is 0 Å². The van der Waals surface area contributed by atoms with Gasteiger partial charge in [0, 0.05) is 10.8 Å². The van der Waals surface area contributed by atoms with Gasteiger partial charge in [-0.05, 0) is 35.9 Å². The van der Waals surface area contributed by atoms with Crippen LogP contribution in [0.2, 0.25) is 5.02 Å². The normalized spacial score (nSPS) is 10.4. The third kappa shape index (κ3) is 5.11. The zero-order chi connectivity index (χ0) is 16.8. The first-order chi connectivity index (χ1) is 11.0. The molecule has 2 aromatic rings. The van der Waals surface area contributed by atoms with Gasteiger partial charge in [-0.2, -0.15) is 0 Å². The van der Waals surface area contributed by atoms with Crippen LogP contribution in [0.4, 0.5) is 14.5 Å². The Labute approximate surface area is 142 Å². The van der Waals surface area contributed by atoms with Gasteiger partial charge >= 0.3 is 0 Å². The van der Waals surface area contributed by atoms with Crippen molar-refractivity contribution in [3.05, 3.63) is 58.6 Å². The van der Waals surface area contributed by atoms with Gasteiger partial charge in [0.25, 0.3) is 0 Å². The first-order valence-electron chi connectivity index (χ1n) is 6.64. The SMILES string of the molecule is COc1ccc(Cl)cc1NC(=O)CSCc1ccc(F)c(F)c1. The van der Waals surface area contributed by atoms with E-state index in [9.17, 15) is 13.6 Å². The van der Waals surface area contributed by atoms with Crippen LogP contribution in [-0.2, 0) is 10.5 Å². The molecular formula is C16H14ClF2NO2S. The third-order valence-corrected chi connectivity index (χ3v) is 4.16. The molecule has 0 radical (unpaired) electrons. The summed E-state index contributed by atoms with van der Waals surface area (Å²) in [7, 11) is 1.50. The predicted octanol–water partition coefficient (Wildman–Crippen LogP) is 4.50. The molecule has 0 aliphatic heterocycles. The molecule has 0 aliphatic carbocycles. The highest BCUT2D eigenvalue weighted by molar-refractivity contribution is 7.99. The van der Waals surface area contributed by atoms with Crippen LogP contribution in [0.15, 0.2) is 36.4 Å². The van der Waals surface area contributed by atoms with Crippen LogP contribution < -0.4 is 10.1 Å². The van der Waals surface area contributed by atoms with E-state index in [1.165, 1.54) is 24.9 Å². The summed E-state index contributed by atoms with van der Waals surface area (Å²) in [6.45, 7) is 0. The lowest BCUT2D eigenvalue weighted by atomic mass is 10.2. The van der Waals surface area contributed by atoms with Crippen molar-refractivity contribution in [2.45, 2.75) is 5.75 Å². The van der Waals surface area contributed by atoms with Gasteiger partial charge in [-0.25, -0.2) is 8.78 Å². The fourth-order valence-corrected chi connectivity index (χ4v) is 2.80. The minimum absolute atomic E-state index is 0.161. The van der Waals surface area contributed by atoms with E-state index in [0.29, 0.717) is 27.8 Å². The molecule has 122 valence electrons. The summed E-state index contributed by atoms with van der Waals surface area (Å²) in [4.78, 5) is 11.9. The van der Waals surface area contributed by atoms with E-state index in [4.69, 9.17) is 16.3 Å². The Morgan fingerprint density at radius 1 is 1.22 bits per heavy atom. The summed E-state index contributed by atoms with van der Waals surface area (Å²) in [5.41, 5.74) is 1.10. The zero-order valence-corrected chi connectivity index (χ0v) is 13.8. The summed E-state index contributed by atoms with van der Waals surface area (Å²) in [6, 6.07) is 8.60. The highest BCUT2D eigenvalue weighted by atomic mass is 35.5. The minimum atomic E-state index is -0.892. The number of benzene rings is 2. The van der Waals surface area contributed by atoms with Crippen LogP contribution in [0.5, 0.6) is 5.75 Å². The zero-order valence-electron chi connectivity index (χ0n) is 12.2. The lowest BCUT2D eigenvalue weighted by molar-refractivity contribution is -0.113. The molecule has 23 heavy (non-hydrogen) atoms. The molecule has 2 aromatic carbocycles. The first-order valence-corrected chi connectivity index (χ1v) is 8.18. The minimum Gasteiger partial charge on any atom is -0.495 e. The quantitative estimate of drug-likeness (QED) is 0.827. The molecule has 0 fully saturated rings. The fourth-order valence-electron chi connectivity index (χ4n) is 1.86. The maximum absolute atomic E-state index is 13.1. The van der Waals surface area contributed by atoms with Crippen molar-refractivity contribution in [1.82, 2.24) is 0 Å². The van der Waals surface area contributed by atoms with Crippen LogP contribution in [0.1, 0.15) is 5.56 Å². The predicted molar refractivity (Wildman–Crippen MR) is 89.2 cm³/mol. The highest BCUT2D eigenvalue weighted by Crippen LogP contribution is 2.27. The van der Waals surface area contributed by atoms with Gasteiger partial charge in [-0.15, -0.1) is 11.8 Å². The number of hydrogen-bond acceptors (Lipinski definition) is 3. The third-order valence-electron chi connectivity index (χ3n) is 2.92. The van der Waals surface area contributed by atoms with Crippen LogP contribution >= 0.6 is 23.4 Å². The van der Waals surface area contributed by atoms with Gasteiger partial charge in [-0.3, -0.25) is 4.79 Å². The molecule has 0 heterocycles. The summed E-state index contributed by atoms with van der Waals surface area (Å²) >= 11 is 7.18. The molecule has 7 heteroatoms. The monoisotopic (exact) mass is 357 g/mol. The van der Waals surface area contributed by atoms with Crippen LogP contribution in [0.25, 0.3) is 0 Å². The van der Waals surface area contributed by atoms with E-state index in [1.807, 2.05) is 0 Å². The summed E-state index contributed by atoms with van der Waals surface area (Å²) < 4.78 is 31.1. The van der Waals surface area contributed by atoms with Gasteiger partial charge in [0.05, 0.1) is 18.6 Å².